The molecule has 5 nitrogen and oxygen atoms in total. The number of aliphatic hydroxyl groups is 1. The maximum absolute atomic E-state index is 13.4. The number of hydrogen-bond acceptors (Lipinski definition) is 5. The summed E-state index contributed by atoms with van der Waals surface area (Å²) in [6.07, 6.45) is -4.43. The minimum Gasteiger partial charge on any atom is -0.376 e. The highest BCUT2D eigenvalue weighted by molar-refractivity contribution is 7.91. The minimum atomic E-state index is -4.83. The zero-order valence-corrected chi connectivity index (χ0v) is 20.4. The van der Waals surface area contributed by atoms with E-state index in [9.17, 15) is 31.1 Å². The number of benzene rings is 2. The third-order valence-corrected chi connectivity index (χ3v) is 9.47. The first-order valence-electron chi connectivity index (χ1n) is 10.8. The Morgan fingerprint density at radius 1 is 1.03 bits per heavy atom. The largest absolute Gasteiger partial charge is 0.421 e. The van der Waals surface area contributed by atoms with E-state index in [1.165, 1.54) is 40.7 Å². The molecule has 0 bridgehead atoms. The predicted molar refractivity (Wildman–Crippen MR) is 126 cm³/mol. The zero-order chi connectivity index (χ0) is 25.4. The lowest BCUT2D eigenvalue weighted by atomic mass is 9.94. The van der Waals surface area contributed by atoms with Gasteiger partial charge in [-0.05, 0) is 60.2 Å². The van der Waals surface area contributed by atoms with Crippen molar-refractivity contribution in [3.8, 4) is 0 Å². The van der Waals surface area contributed by atoms with Gasteiger partial charge in [0.25, 0.3) is 10.0 Å². The number of rotatable bonds is 6. The smallest absolute Gasteiger partial charge is 0.376 e. The molecule has 1 aromatic heterocycles. The predicted octanol–water partition coefficient (Wildman–Crippen LogP) is 4.78. The molecular weight excluding hydrogens is 504 g/mol. The van der Waals surface area contributed by atoms with Crippen LogP contribution in [-0.4, -0.2) is 49.7 Å². The van der Waals surface area contributed by atoms with Crippen molar-refractivity contribution >= 4 is 27.0 Å². The van der Waals surface area contributed by atoms with Gasteiger partial charge in [0.15, 0.2) is 5.60 Å². The highest BCUT2D eigenvalue weighted by atomic mass is 32.2. The van der Waals surface area contributed by atoms with E-state index in [2.05, 4.69) is 0 Å². The molecule has 0 amide bonds. The van der Waals surface area contributed by atoms with Gasteiger partial charge in [-0.25, -0.2) is 12.8 Å². The van der Waals surface area contributed by atoms with E-state index in [4.69, 9.17) is 0 Å². The number of piperazine rings is 1. The van der Waals surface area contributed by atoms with Gasteiger partial charge in [-0.15, -0.1) is 11.3 Å². The highest BCUT2D eigenvalue weighted by Crippen LogP contribution is 2.39. The lowest BCUT2D eigenvalue weighted by Gasteiger charge is -2.42. The van der Waals surface area contributed by atoms with Crippen LogP contribution in [0.2, 0.25) is 0 Å². The van der Waals surface area contributed by atoms with Crippen LogP contribution in [0.4, 0.5) is 23.2 Å². The average molecular weight is 529 g/mol. The number of halogens is 4. The van der Waals surface area contributed by atoms with Crippen LogP contribution in [0.25, 0.3) is 0 Å². The van der Waals surface area contributed by atoms with E-state index in [0.717, 1.165) is 16.9 Å². The van der Waals surface area contributed by atoms with Crippen LogP contribution in [0.15, 0.2) is 70.3 Å². The fourth-order valence-corrected chi connectivity index (χ4v) is 6.74. The van der Waals surface area contributed by atoms with Crippen molar-refractivity contribution < 1.29 is 31.1 Å². The van der Waals surface area contributed by atoms with Crippen molar-refractivity contribution in [2.75, 3.05) is 24.5 Å². The molecular formula is C24H24F4N2O3S2. The maximum atomic E-state index is 13.4. The second-order valence-corrected chi connectivity index (χ2v) is 11.7. The van der Waals surface area contributed by atoms with Gasteiger partial charge in [0.1, 0.15) is 10.0 Å². The number of sulfonamides is 1. The van der Waals surface area contributed by atoms with Gasteiger partial charge in [-0.3, -0.25) is 0 Å². The second kappa shape index (κ2) is 9.53. The standard InChI is InChI=1S/C24H24F4N2O3S2/c1-23(31,24(26,27)28)18-6-10-20(11-7-18)30-13-12-29(35(32,33)22-3-2-14-34-22)16-21(30)15-17-4-8-19(25)9-5-17/h2-11,14,21,31H,12-13,15-16H2,1H3/t21-,23?/m1/s1. The van der Waals surface area contributed by atoms with Crippen molar-refractivity contribution in [1.29, 1.82) is 0 Å². The molecule has 0 spiro atoms. The molecule has 1 N–H and O–H groups in total. The number of hydrogen-bond donors (Lipinski definition) is 1. The monoisotopic (exact) mass is 528 g/mol. The third-order valence-electron chi connectivity index (χ3n) is 6.23. The Hall–Kier alpha value is -2.47. The first kappa shape index (κ1) is 25.6. The van der Waals surface area contributed by atoms with Crippen LogP contribution in [-0.2, 0) is 22.0 Å². The van der Waals surface area contributed by atoms with Crippen molar-refractivity contribution in [3.05, 3.63) is 83.0 Å². The average Bonchev–Trinajstić information content (AvgIpc) is 3.36. The minimum absolute atomic E-state index is 0.152. The Morgan fingerprint density at radius 2 is 1.69 bits per heavy atom. The summed E-state index contributed by atoms with van der Waals surface area (Å²) in [5, 5.41) is 11.7. The second-order valence-electron chi connectivity index (χ2n) is 8.59. The van der Waals surface area contributed by atoms with Crippen LogP contribution < -0.4 is 4.90 Å². The molecule has 0 aliphatic carbocycles. The van der Waals surface area contributed by atoms with E-state index >= 15 is 0 Å². The first-order chi connectivity index (χ1) is 16.4. The maximum Gasteiger partial charge on any atom is 0.421 e. The molecule has 2 heterocycles. The van der Waals surface area contributed by atoms with E-state index in [0.29, 0.717) is 25.6 Å². The molecule has 3 aromatic rings. The summed E-state index contributed by atoms with van der Waals surface area (Å²) in [4.78, 5) is 1.94. The summed E-state index contributed by atoms with van der Waals surface area (Å²) >= 11 is 1.13. The van der Waals surface area contributed by atoms with Crippen LogP contribution in [0.1, 0.15) is 18.1 Å². The molecule has 188 valence electrons. The first-order valence-corrected chi connectivity index (χ1v) is 13.2. The third kappa shape index (κ3) is 5.23. The van der Waals surface area contributed by atoms with E-state index < -0.39 is 21.8 Å². The van der Waals surface area contributed by atoms with Crippen LogP contribution >= 0.6 is 11.3 Å². The lowest BCUT2D eigenvalue weighted by Crippen LogP contribution is -2.55. The Morgan fingerprint density at radius 3 is 2.26 bits per heavy atom. The molecule has 0 saturated carbocycles. The number of thiophene rings is 1. The van der Waals surface area contributed by atoms with Gasteiger partial charge in [-0.1, -0.05) is 30.3 Å². The van der Waals surface area contributed by atoms with E-state index in [1.54, 1.807) is 29.6 Å². The summed E-state index contributed by atoms with van der Waals surface area (Å²) < 4.78 is 81.0. The molecule has 1 aliphatic rings. The summed E-state index contributed by atoms with van der Waals surface area (Å²) in [5.74, 6) is -0.386. The molecule has 2 aromatic carbocycles. The van der Waals surface area contributed by atoms with Crippen molar-refractivity contribution in [1.82, 2.24) is 4.31 Å². The summed E-state index contributed by atoms with van der Waals surface area (Å²) in [5.41, 5.74) is -1.88. The molecule has 1 fully saturated rings. The van der Waals surface area contributed by atoms with Crippen molar-refractivity contribution in [3.63, 3.8) is 0 Å². The zero-order valence-electron chi connectivity index (χ0n) is 18.7. The topological polar surface area (TPSA) is 60.9 Å². The quantitative estimate of drug-likeness (QED) is 0.468. The SMILES string of the molecule is CC(O)(c1ccc(N2CCN(S(=O)(=O)c3cccs3)C[C@H]2Cc2ccc(F)cc2)cc1)C(F)(F)F. The Bertz CT molecular complexity index is 1240. The molecule has 1 unspecified atom stereocenters. The fraction of sp³-hybridized carbons (Fsp3) is 0.333. The Kier molecular flexibility index (Phi) is 6.98. The van der Waals surface area contributed by atoms with Gasteiger partial charge in [-0.2, -0.15) is 17.5 Å². The van der Waals surface area contributed by atoms with Gasteiger partial charge in [0.05, 0.1) is 0 Å². The van der Waals surface area contributed by atoms with Crippen LogP contribution in [0.3, 0.4) is 0 Å². The number of alkyl halides is 3. The molecule has 4 rings (SSSR count). The van der Waals surface area contributed by atoms with Gasteiger partial charge < -0.3 is 10.0 Å². The molecule has 0 radical (unpaired) electrons. The highest BCUT2D eigenvalue weighted by Gasteiger charge is 2.51. The van der Waals surface area contributed by atoms with Gasteiger partial charge >= 0.3 is 6.18 Å². The molecule has 35 heavy (non-hydrogen) atoms. The molecule has 11 heteroatoms. The summed E-state index contributed by atoms with van der Waals surface area (Å²) in [6, 6.07) is 14.2. The molecule has 2 atom stereocenters. The number of anilines is 1. The van der Waals surface area contributed by atoms with E-state index in [1.807, 2.05) is 4.90 Å². The van der Waals surface area contributed by atoms with Crippen LogP contribution in [0, 0.1) is 5.82 Å². The van der Waals surface area contributed by atoms with Gasteiger partial charge in [0, 0.05) is 31.4 Å². The number of nitrogens with zero attached hydrogens (tertiary/aromatic N) is 2. The summed E-state index contributed by atoms with van der Waals surface area (Å²) in [6.45, 7) is 1.36. The molecule has 1 aliphatic heterocycles. The fourth-order valence-electron chi connectivity index (χ4n) is 4.13. The van der Waals surface area contributed by atoms with Gasteiger partial charge in [0.2, 0.25) is 0 Å². The normalized spacial score (nSPS) is 19.5. The van der Waals surface area contributed by atoms with Crippen molar-refractivity contribution in [2.24, 2.45) is 0 Å². The Balaban J connectivity index is 1.63. The van der Waals surface area contributed by atoms with E-state index in [-0.39, 0.29) is 34.7 Å². The molecule has 1 saturated heterocycles. The summed E-state index contributed by atoms with van der Waals surface area (Å²) in [7, 11) is -3.69. The van der Waals surface area contributed by atoms with Crippen LogP contribution in [0.5, 0.6) is 0 Å². The van der Waals surface area contributed by atoms with Crippen molar-refractivity contribution in [2.45, 2.75) is 35.4 Å². The lowest BCUT2D eigenvalue weighted by molar-refractivity contribution is -0.258. The Labute approximate surface area is 205 Å².